The van der Waals surface area contributed by atoms with Gasteiger partial charge in [0.05, 0.1) is 25.2 Å². The van der Waals surface area contributed by atoms with Gasteiger partial charge in [-0.15, -0.1) is 0 Å². The summed E-state index contributed by atoms with van der Waals surface area (Å²) in [5.41, 5.74) is -1.72. The minimum Gasteiger partial charge on any atom is -0.472 e. The van der Waals surface area contributed by atoms with Crippen molar-refractivity contribution >= 4 is 17.7 Å². The number of carbonyl (C=O) groups excluding carboxylic acids is 3. The van der Waals surface area contributed by atoms with Crippen LogP contribution < -0.4 is 0 Å². The highest BCUT2D eigenvalue weighted by atomic mass is 16.7. The minimum absolute atomic E-state index is 0.120. The van der Waals surface area contributed by atoms with Crippen molar-refractivity contribution in [2.24, 2.45) is 22.7 Å². The maximum absolute atomic E-state index is 14.3. The average Bonchev–Trinajstić information content (AvgIpc) is 3.23. The van der Waals surface area contributed by atoms with E-state index in [0.29, 0.717) is 19.4 Å². The molecule has 0 bridgehead atoms. The number of esters is 2. The Morgan fingerprint density at radius 2 is 2.00 bits per heavy atom. The predicted octanol–water partition coefficient (Wildman–Crippen LogP) is 2.97. The molecule has 4 aliphatic rings. The number of rotatable bonds is 5. The fourth-order valence-electron chi connectivity index (χ4n) is 7.30. The summed E-state index contributed by atoms with van der Waals surface area (Å²) in [7, 11) is 1.59. The van der Waals surface area contributed by atoms with Crippen LogP contribution >= 0.6 is 0 Å². The molecule has 3 heterocycles. The van der Waals surface area contributed by atoms with Gasteiger partial charge in [-0.3, -0.25) is 14.4 Å². The number of Topliss-reactive ketones (excluding diaryl/α,β-unsaturated/α-hetero) is 1. The zero-order valence-electron chi connectivity index (χ0n) is 20.0. The Hall–Kier alpha value is -2.23. The van der Waals surface area contributed by atoms with Crippen molar-refractivity contribution in [1.29, 1.82) is 0 Å². The summed E-state index contributed by atoms with van der Waals surface area (Å²) in [6, 6.07) is 1.86. The molecule has 2 spiro atoms. The first-order valence-electron chi connectivity index (χ1n) is 11.9. The molecule has 1 aromatic rings. The molecule has 34 heavy (non-hydrogen) atoms. The zero-order chi connectivity index (χ0) is 24.3. The molecule has 9 nitrogen and oxygen atoms in total. The van der Waals surface area contributed by atoms with Crippen LogP contribution in [0.5, 0.6) is 0 Å². The van der Waals surface area contributed by atoms with Gasteiger partial charge in [0.1, 0.15) is 17.6 Å². The van der Waals surface area contributed by atoms with Crippen molar-refractivity contribution in [1.82, 2.24) is 0 Å². The predicted molar refractivity (Wildman–Crippen MR) is 115 cm³/mol. The maximum atomic E-state index is 14.3. The largest absolute Gasteiger partial charge is 0.472 e. The van der Waals surface area contributed by atoms with E-state index in [-0.39, 0.29) is 24.4 Å². The van der Waals surface area contributed by atoms with Crippen molar-refractivity contribution < 1.29 is 42.5 Å². The molecule has 0 radical (unpaired) electrons. The van der Waals surface area contributed by atoms with Crippen molar-refractivity contribution in [3.8, 4) is 0 Å². The molecule has 0 N–H and O–H groups in total. The number of epoxide rings is 1. The Kier molecular flexibility index (Phi) is 5.65. The second-order valence-corrected chi connectivity index (χ2v) is 10.2. The Labute approximate surface area is 198 Å². The normalized spacial score (nSPS) is 43.1. The topological polar surface area (TPSA) is 114 Å². The lowest BCUT2D eigenvalue weighted by Gasteiger charge is -2.61. The number of ether oxygens (including phenoxy) is 5. The second kappa shape index (κ2) is 8.17. The molecule has 2 saturated heterocycles. The van der Waals surface area contributed by atoms with Crippen LogP contribution in [0.2, 0.25) is 0 Å². The molecule has 0 aromatic carbocycles. The summed E-state index contributed by atoms with van der Waals surface area (Å²) in [6.07, 6.45) is 4.03. The third kappa shape index (κ3) is 3.13. The molecule has 186 valence electrons. The van der Waals surface area contributed by atoms with Gasteiger partial charge in [0.2, 0.25) is 0 Å². The van der Waals surface area contributed by atoms with Crippen LogP contribution in [-0.2, 0) is 38.1 Å². The summed E-state index contributed by atoms with van der Waals surface area (Å²) >= 11 is 0. The summed E-state index contributed by atoms with van der Waals surface area (Å²) in [5.74, 6) is -1.89. The van der Waals surface area contributed by atoms with E-state index >= 15 is 0 Å². The van der Waals surface area contributed by atoms with Gasteiger partial charge in [0.15, 0.2) is 18.2 Å². The third-order valence-electron chi connectivity index (χ3n) is 8.81. The first-order valence-corrected chi connectivity index (χ1v) is 11.9. The Balaban J connectivity index is 1.68. The van der Waals surface area contributed by atoms with Crippen LogP contribution in [0.1, 0.15) is 58.1 Å². The van der Waals surface area contributed by atoms with Gasteiger partial charge in [-0.25, -0.2) is 0 Å². The first kappa shape index (κ1) is 23.5. The molecule has 8 atom stereocenters. The van der Waals surface area contributed by atoms with E-state index in [1.807, 2.05) is 13.0 Å². The van der Waals surface area contributed by atoms with Crippen LogP contribution in [0.25, 0.3) is 0 Å². The number of fused-ring (bicyclic) bond motifs is 3. The lowest BCUT2D eigenvalue weighted by atomic mass is 9.42. The van der Waals surface area contributed by atoms with Crippen molar-refractivity contribution in [2.45, 2.75) is 70.6 Å². The van der Waals surface area contributed by atoms with Gasteiger partial charge in [0.25, 0.3) is 0 Å². The van der Waals surface area contributed by atoms with E-state index in [2.05, 4.69) is 0 Å². The highest BCUT2D eigenvalue weighted by Gasteiger charge is 2.80. The highest BCUT2D eigenvalue weighted by Crippen LogP contribution is 2.71. The number of hydrogen-bond acceptors (Lipinski definition) is 9. The average molecular weight is 477 g/mol. The summed E-state index contributed by atoms with van der Waals surface area (Å²) in [4.78, 5) is 38.4. The molecule has 2 aliphatic heterocycles. The molecular weight excluding hydrogens is 444 g/mol. The SMILES string of the molecule is CO[C@@H]1O[C@H](c2ccoc2)C[C@]12[C@H](C)[C@H](OC(C)=O)C(=O)[C@]1(COC(C)=O)[C@@H]2CCC[C@]12CO2. The van der Waals surface area contributed by atoms with Gasteiger partial charge >= 0.3 is 11.9 Å². The summed E-state index contributed by atoms with van der Waals surface area (Å²) in [6.45, 7) is 4.84. The van der Waals surface area contributed by atoms with E-state index in [4.69, 9.17) is 28.1 Å². The van der Waals surface area contributed by atoms with E-state index in [1.165, 1.54) is 13.8 Å². The molecule has 0 unspecified atom stereocenters. The molecule has 0 amide bonds. The molecule has 2 saturated carbocycles. The molecule has 2 aliphatic carbocycles. The Morgan fingerprint density at radius 3 is 2.59 bits per heavy atom. The fraction of sp³-hybridized carbons (Fsp3) is 0.720. The smallest absolute Gasteiger partial charge is 0.303 e. The van der Waals surface area contributed by atoms with Gasteiger partial charge in [-0.1, -0.05) is 13.3 Å². The minimum atomic E-state index is -1.16. The van der Waals surface area contributed by atoms with Gasteiger partial charge < -0.3 is 28.1 Å². The molecule has 5 rings (SSSR count). The Bertz CT molecular complexity index is 967. The quantitative estimate of drug-likeness (QED) is 0.467. The van der Waals surface area contributed by atoms with Crippen molar-refractivity contribution in [3.63, 3.8) is 0 Å². The summed E-state index contributed by atoms with van der Waals surface area (Å²) < 4.78 is 35.0. The first-order chi connectivity index (χ1) is 16.2. The summed E-state index contributed by atoms with van der Waals surface area (Å²) in [5, 5.41) is 0. The number of hydrogen-bond donors (Lipinski definition) is 0. The lowest BCUT2D eigenvalue weighted by Crippen LogP contribution is -2.71. The zero-order valence-corrected chi connectivity index (χ0v) is 20.0. The lowest BCUT2D eigenvalue weighted by molar-refractivity contribution is -0.249. The van der Waals surface area contributed by atoms with E-state index < -0.39 is 46.7 Å². The van der Waals surface area contributed by atoms with Gasteiger partial charge in [-0.2, -0.15) is 0 Å². The molecule has 9 heteroatoms. The van der Waals surface area contributed by atoms with Gasteiger partial charge in [-0.05, 0) is 31.2 Å². The van der Waals surface area contributed by atoms with Gasteiger partial charge in [0, 0.05) is 37.9 Å². The highest BCUT2D eigenvalue weighted by molar-refractivity contribution is 5.94. The second-order valence-electron chi connectivity index (χ2n) is 10.2. The number of methoxy groups -OCH3 is 1. The van der Waals surface area contributed by atoms with E-state index in [0.717, 1.165) is 18.4 Å². The van der Waals surface area contributed by atoms with Crippen LogP contribution in [-0.4, -0.2) is 56.0 Å². The number of ketones is 1. The van der Waals surface area contributed by atoms with Crippen LogP contribution in [0.4, 0.5) is 0 Å². The maximum Gasteiger partial charge on any atom is 0.303 e. The van der Waals surface area contributed by atoms with Crippen LogP contribution in [0.3, 0.4) is 0 Å². The van der Waals surface area contributed by atoms with E-state index in [1.54, 1.807) is 19.6 Å². The molecule has 4 fully saturated rings. The van der Waals surface area contributed by atoms with Crippen molar-refractivity contribution in [2.75, 3.05) is 20.3 Å². The van der Waals surface area contributed by atoms with Crippen LogP contribution in [0, 0.1) is 22.7 Å². The molecular formula is C25H32O9. The Morgan fingerprint density at radius 1 is 1.24 bits per heavy atom. The monoisotopic (exact) mass is 476 g/mol. The standard InChI is InChI=1S/C25H32O9/c1-14-20(33-16(3)27)21(28)25(13-31-15(2)26)19(6-5-8-23(25)12-32-23)24(14)10-18(34-22(24)29-4)17-7-9-30-11-17/h7,9,11,14,18-20,22H,5-6,8,10,12-13H2,1-4H3/t14-,18+,19-,20+,22-,23+,24-,25+/m1/s1. The van der Waals surface area contributed by atoms with Crippen molar-refractivity contribution in [3.05, 3.63) is 24.2 Å². The third-order valence-corrected chi connectivity index (χ3v) is 8.81. The number of carbonyl (C=O) groups is 3. The van der Waals surface area contributed by atoms with Crippen LogP contribution in [0.15, 0.2) is 23.0 Å². The van der Waals surface area contributed by atoms with E-state index in [9.17, 15) is 14.4 Å². The number of furan rings is 1. The fourth-order valence-corrected chi connectivity index (χ4v) is 7.30. The molecule has 1 aromatic heterocycles.